The van der Waals surface area contributed by atoms with Gasteiger partial charge in [-0.3, -0.25) is 13.7 Å². The number of rotatable bonds is 9. The molecule has 4 rings (SSSR count). The molecule has 1 aliphatic heterocycles. The van der Waals surface area contributed by atoms with Crippen molar-refractivity contribution in [1.82, 2.24) is 19.5 Å². The number of hydrogen-bond donors (Lipinski definition) is 9. The van der Waals surface area contributed by atoms with Crippen LogP contribution in [-0.4, -0.2) is 84.0 Å². The van der Waals surface area contributed by atoms with Gasteiger partial charge in [0.2, 0.25) is 0 Å². The second-order valence-corrected chi connectivity index (χ2v) is 13.9. The van der Waals surface area contributed by atoms with Crippen LogP contribution in [0.4, 0.5) is 5.82 Å². The number of phosphoric ester groups is 1. The maximum atomic E-state index is 11.8. The van der Waals surface area contributed by atoms with Gasteiger partial charge in [-0.25, -0.2) is 28.6 Å². The summed E-state index contributed by atoms with van der Waals surface area (Å²) in [6.45, 7) is -0.956. The van der Waals surface area contributed by atoms with Gasteiger partial charge >= 0.3 is 31.1 Å². The number of nitrogens with two attached hydrogens (primary N) is 1. The molecule has 21 nitrogen and oxygen atoms in total. The summed E-state index contributed by atoms with van der Waals surface area (Å²) in [6, 6.07) is 7.70. The zero-order valence-corrected chi connectivity index (χ0v) is 23.6. The van der Waals surface area contributed by atoms with Crippen LogP contribution >= 0.6 is 31.1 Å². The zero-order valence-electron chi connectivity index (χ0n) is 20.1. The summed E-state index contributed by atoms with van der Waals surface area (Å²) in [6.07, 6.45) is -3.69. The normalized spacial score (nSPS) is 24.3. The fraction of sp³-hybridized carbons (Fsp3) is 0.312. The lowest BCUT2D eigenvalue weighted by Crippen LogP contribution is -2.33. The highest BCUT2D eigenvalue weighted by Crippen LogP contribution is 2.66. The van der Waals surface area contributed by atoms with Gasteiger partial charge in [-0.15, -0.1) is 0 Å². The highest BCUT2D eigenvalue weighted by molar-refractivity contribution is 7.66. The fourth-order valence-electron chi connectivity index (χ4n) is 3.25. The minimum Gasteiger partial charge on any atom is -0.387 e. The maximum Gasteiger partial charge on any atom is 0.490 e. The van der Waals surface area contributed by atoms with Gasteiger partial charge in [-0.05, 0) is 12.1 Å². The first-order valence-corrected chi connectivity index (χ1v) is 16.8. The molecule has 0 radical (unpaired) electrons. The third kappa shape index (κ3) is 9.25. The van der Waals surface area contributed by atoms with Crippen molar-refractivity contribution in [2.45, 2.75) is 24.5 Å². The number of anilines is 1. The molecular formula is C16H23N5O16P4. The minimum absolute atomic E-state index is 0.0426. The molecule has 41 heavy (non-hydrogen) atoms. The second-order valence-electron chi connectivity index (χ2n) is 7.90. The third-order valence-electron chi connectivity index (χ3n) is 4.91. The molecule has 1 aromatic carbocycles. The van der Waals surface area contributed by atoms with Crippen LogP contribution in [0.2, 0.25) is 0 Å². The summed E-state index contributed by atoms with van der Waals surface area (Å²) in [7, 11) is -20.7. The van der Waals surface area contributed by atoms with Crippen LogP contribution in [0.3, 0.4) is 0 Å². The van der Waals surface area contributed by atoms with Gasteiger partial charge in [0.1, 0.15) is 30.2 Å². The van der Waals surface area contributed by atoms with Crippen LogP contribution < -0.4 is 11.0 Å². The third-order valence-corrected chi connectivity index (χ3v) is 9.68. The van der Waals surface area contributed by atoms with Gasteiger partial charge in [-0.2, -0.15) is 8.62 Å². The average Bonchev–Trinajstić information content (AvgIpc) is 3.38. The highest BCUT2D eigenvalue weighted by atomic mass is 31.3. The molecule has 3 aromatic rings. The molecule has 25 heteroatoms. The standard InChI is InChI=1S/C10H16N5O13P3.C6H7O3P/c11-8-5-9(13-2-12-8)15(3-14-5)10-7(17)6(16)4(26-10)1-25-30(21,22)28-31(23,24)27-29(18,19)20;7-10(8,9)6-4-2-1-3-5-6/h2-4,6-7,10,16-17H,1H2,(H,21,22)(H,23,24)(H2,11,12,13)(H2,18,19,20);1-5H,(H2,7,8,9)/t4-,6-,7-,10-;/m1./s1. The zero-order chi connectivity index (χ0) is 30.8. The smallest absolute Gasteiger partial charge is 0.387 e. The van der Waals surface area contributed by atoms with E-state index in [0.29, 0.717) is 0 Å². The molecule has 1 aliphatic rings. The number of fused-ring (bicyclic) bond motifs is 1. The number of imidazole rings is 1. The molecule has 0 saturated carbocycles. The molecule has 1 saturated heterocycles. The Morgan fingerprint density at radius 2 is 1.51 bits per heavy atom. The molecule has 228 valence electrons. The summed E-state index contributed by atoms with van der Waals surface area (Å²) in [5.41, 5.74) is 6.00. The molecule has 10 N–H and O–H groups in total. The molecule has 2 unspecified atom stereocenters. The predicted octanol–water partition coefficient (Wildman–Crippen LogP) is -1.14. The molecule has 3 heterocycles. The quantitative estimate of drug-likeness (QED) is 0.122. The Hall–Kier alpha value is -1.99. The average molecular weight is 665 g/mol. The van der Waals surface area contributed by atoms with E-state index < -0.39 is 62.2 Å². The number of ether oxygens (including phenoxy) is 1. The van der Waals surface area contributed by atoms with E-state index in [-0.39, 0.29) is 22.3 Å². The minimum atomic E-state index is -5.70. The Kier molecular flexibility index (Phi) is 10.4. The number of benzene rings is 1. The van der Waals surface area contributed by atoms with E-state index in [9.17, 15) is 33.4 Å². The monoisotopic (exact) mass is 665 g/mol. The van der Waals surface area contributed by atoms with Crippen molar-refractivity contribution in [3.8, 4) is 0 Å². The van der Waals surface area contributed by atoms with Gasteiger partial charge in [0, 0.05) is 0 Å². The Bertz CT molecular complexity index is 1550. The van der Waals surface area contributed by atoms with Crippen LogP contribution in [-0.2, 0) is 36.1 Å². The molecular weight excluding hydrogens is 642 g/mol. The van der Waals surface area contributed by atoms with Crippen molar-refractivity contribution in [2.75, 3.05) is 12.3 Å². The number of aliphatic hydroxyl groups is 2. The van der Waals surface area contributed by atoms with E-state index in [1.165, 1.54) is 23.0 Å². The Morgan fingerprint density at radius 1 is 0.878 bits per heavy atom. The molecule has 0 aliphatic carbocycles. The van der Waals surface area contributed by atoms with Crippen molar-refractivity contribution < 1.29 is 75.7 Å². The largest absolute Gasteiger partial charge is 0.490 e. The van der Waals surface area contributed by atoms with Gasteiger partial charge in [-0.1, -0.05) is 18.2 Å². The summed E-state index contributed by atoms with van der Waals surface area (Å²) >= 11 is 0. The topological polar surface area (TPSA) is 337 Å². The number of nitrogens with zero attached hydrogens (tertiary/aromatic N) is 4. The first kappa shape index (κ1) is 33.5. The summed E-state index contributed by atoms with van der Waals surface area (Å²) in [5.74, 6) is 0.0426. The molecule has 2 aromatic heterocycles. The molecule has 1 fully saturated rings. The van der Waals surface area contributed by atoms with Crippen LogP contribution in [0, 0.1) is 0 Å². The highest BCUT2D eigenvalue weighted by Gasteiger charge is 2.47. The first-order valence-electron chi connectivity index (χ1n) is 10.6. The number of phosphoric acid groups is 3. The second kappa shape index (κ2) is 12.7. The predicted molar refractivity (Wildman–Crippen MR) is 134 cm³/mol. The van der Waals surface area contributed by atoms with Crippen LogP contribution in [0.5, 0.6) is 0 Å². The Morgan fingerprint density at radius 3 is 2.07 bits per heavy atom. The summed E-state index contributed by atoms with van der Waals surface area (Å²) in [4.78, 5) is 64.4. The van der Waals surface area contributed by atoms with Crippen molar-refractivity contribution in [3.63, 3.8) is 0 Å². The van der Waals surface area contributed by atoms with Gasteiger partial charge < -0.3 is 50.0 Å². The lowest BCUT2D eigenvalue weighted by molar-refractivity contribution is -0.0503. The van der Waals surface area contributed by atoms with Gasteiger partial charge in [0.05, 0.1) is 18.2 Å². The Balaban J connectivity index is 0.000000389. The fourth-order valence-corrected chi connectivity index (χ4v) is 6.84. The summed E-state index contributed by atoms with van der Waals surface area (Å²) < 4.78 is 62.4. The molecule has 6 atom stereocenters. The van der Waals surface area contributed by atoms with E-state index >= 15 is 0 Å². The van der Waals surface area contributed by atoms with Crippen molar-refractivity contribution in [1.29, 1.82) is 0 Å². The van der Waals surface area contributed by atoms with E-state index in [1.807, 2.05) is 0 Å². The molecule has 0 bridgehead atoms. The van der Waals surface area contributed by atoms with E-state index in [2.05, 4.69) is 28.1 Å². The van der Waals surface area contributed by atoms with Crippen molar-refractivity contribution in [2.24, 2.45) is 0 Å². The number of aliphatic hydroxyl groups excluding tert-OH is 2. The first-order chi connectivity index (χ1) is 18.8. The van der Waals surface area contributed by atoms with Gasteiger partial charge in [0.25, 0.3) is 0 Å². The van der Waals surface area contributed by atoms with Gasteiger partial charge in [0.15, 0.2) is 17.7 Å². The van der Waals surface area contributed by atoms with E-state index in [4.69, 9.17) is 34.9 Å². The maximum absolute atomic E-state index is 11.8. The van der Waals surface area contributed by atoms with Crippen molar-refractivity contribution >= 4 is 53.4 Å². The number of nitrogen functional groups attached to an aromatic ring is 1. The number of hydrogen-bond acceptors (Lipinski definition) is 14. The lowest BCUT2D eigenvalue weighted by Gasteiger charge is -2.19. The van der Waals surface area contributed by atoms with Crippen LogP contribution in [0.1, 0.15) is 6.23 Å². The number of aromatic nitrogens is 4. The lowest BCUT2D eigenvalue weighted by atomic mass is 10.1. The SMILES string of the molecule is Nc1ncnc2c1ncn2[C@@H]1O[C@H](COP(=O)(O)OP(=O)(O)OP(=O)(O)O)[C@@H](O)[C@H]1O.O=P(O)(O)c1ccccc1. The summed E-state index contributed by atoms with van der Waals surface area (Å²) in [5, 5.41) is 20.5. The van der Waals surface area contributed by atoms with E-state index in [0.717, 1.165) is 6.33 Å². The van der Waals surface area contributed by atoms with Crippen molar-refractivity contribution in [3.05, 3.63) is 43.0 Å². The molecule has 0 spiro atoms. The Labute approximate surface area is 228 Å². The van der Waals surface area contributed by atoms with Crippen LogP contribution in [0.25, 0.3) is 11.2 Å². The molecule has 0 amide bonds. The van der Waals surface area contributed by atoms with E-state index in [1.54, 1.807) is 18.2 Å². The van der Waals surface area contributed by atoms with Crippen LogP contribution in [0.15, 0.2) is 43.0 Å².